The van der Waals surface area contributed by atoms with E-state index in [0.717, 1.165) is 6.42 Å². The third kappa shape index (κ3) is 5.78. The summed E-state index contributed by atoms with van der Waals surface area (Å²) in [6.07, 6.45) is 2.55. The minimum atomic E-state index is -1.27. The molecule has 1 fully saturated rings. The first-order valence-electron chi connectivity index (χ1n) is 7.97. The highest BCUT2D eigenvalue weighted by Crippen LogP contribution is 2.35. The first-order chi connectivity index (χ1) is 10.3. The van der Waals surface area contributed by atoms with E-state index in [1.807, 2.05) is 20.8 Å². The molecule has 2 unspecified atom stereocenters. The molecule has 0 aromatic rings. The first-order valence-corrected chi connectivity index (χ1v) is 8.61. The summed E-state index contributed by atoms with van der Waals surface area (Å²) in [5, 5.41) is 12.1. The Balaban J connectivity index is 0.00000211. The van der Waals surface area contributed by atoms with Gasteiger partial charge in [-0.2, -0.15) is 12.6 Å². The van der Waals surface area contributed by atoms with Crippen molar-refractivity contribution in [3.05, 3.63) is 0 Å². The third-order valence-corrected chi connectivity index (χ3v) is 4.38. The van der Waals surface area contributed by atoms with Crippen LogP contribution in [-0.4, -0.2) is 40.9 Å². The Bertz CT molecular complexity index is 368. The number of carbonyl (C=O) groups is 2. The van der Waals surface area contributed by atoms with Gasteiger partial charge in [0, 0.05) is 12.5 Å². The lowest BCUT2D eigenvalue weighted by Gasteiger charge is -2.40. The molecule has 1 rings (SSSR count). The van der Waals surface area contributed by atoms with E-state index in [4.69, 9.17) is 11.5 Å². The Hall–Kier alpha value is -0.790. The second-order valence-corrected chi connectivity index (χ2v) is 6.24. The van der Waals surface area contributed by atoms with Gasteiger partial charge in [0.15, 0.2) is 0 Å². The molecule has 7 heteroatoms. The zero-order valence-electron chi connectivity index (χ0n) is 13.8. The summed E-state index contributed by atoms with van der Waals surface area (Å²) in [5.41, 5.74) is 10.5. The van der Waals surface area contributed by atoms with Crippen molar-refractivity contribution >= 4 is 24.5 Å². The van der Waals surface area contributed by atoms with E-state index in [1.165, 1.54) is 0 Å². The molecule has 22 heavy (non-hydrogen) atoms. The second kappa shape index (κ2) is 10.1. The van der Waals surface area contributed by atoms with Gasteiger partial charge in [-0.15, -0.1) is 0 Å². The van der Waals surface area contributed by atoms with Gasteiger partial charge in [0.2, 0.25) is 5.91 Å². The van der Waals surface area contributed by atoms with Gasteiger partial charge in [-0.25, -0.2) is 0 Å². The van der Waals surface area contributed by atoms with E-state index < -0.39 is 17.6 Å². The van der Waals surface area contributed by atoms with E-state index in [9.17, 15) is 14.7 Å². The fraction of sp³-hybridized carbons (Fsp3) is 0.867. The lowest BCUT2D eigenvalue weighted by Crippen LogP contribution is -2.60. The molecule has 130 valence electrons. The number of thiol groups is 1. The Kier molecular flexibility index (Phi) is 9.71. The minimum absolute atomic E-state index is 0.259. The predicted molar refractivity (Wildman–Crippen MR) is 91.9 cm³/mol. The number of hydrogen-bond acceptors (Lipinski definition) is 5. The minimum Gasteiger partial charge on any atom is -0.480 e. The van der Waals surface area contributed by atoms with Crippen LogP contribution in [0.2, 0.25) is 0 Å². The summed E-state index contributed by atoms with van der Waals surface area (Å²) in [5.74, 6) is -0.711. The summed E-state index contributed by atoms with van der Waals surface area (Å²) in [7, 11) is 0. The summed E-state index contributed by atoms with van der Waals surface area (Å²) < 4.78 is 0. The van der Waals surface area contributed by atoms with Gasteiger partial charge >= 0.3 is 5.97 Å². The standard InChI is InChI=1S/C13H25N3O3S.C2H6/c1-8-2-3-9(13(15,6-8)12(18)19)7-16-11(17)10(14)4-5-20;1-2/h8-10,20H,2-7,14-15H2,1H3,(H,16,17)(H,18,19);1-2H3/t8-,9?,10?,13-;/m1./s1. The monoisotopic (exact) mass is 333 g/mol. The normalized spacial score (nSPS) is 29.0. The fourth-order valence-electron chi connectivity index (χ4n) is 2.76. The number of amides is 1. The van der Waals surface area contributed by atoms with Gasteiger partial charge in [-0.05, 0) is 30.9 Å². The molecule has 6 nitrogen and oxygen atoms in total. The van der Waals surface area contributed by atoms with Crippen LogP contribution in [0.3, 0.4) is 0 Å². The molecule has 0 spiro atoms. The SMILES string of the molecule is CC.C[C@@H]1CCC(CNC(=O)C(N)CCS)[C@@](N)(C(=O)O)C1. The number of carboxylic acids is 1. The Morgan fingerprint density at radius 3 is 2.50 bits per heavy atom. The van der Waals surface area contributed by atoms with Crippen LogP contribution in [-0.2, 0) is 9.59 Å². The Labute approximate surface area is 138 Å². The molecule has 0 saturated heterocycles. The zero-order chi connectivity index (χ0) is 17.3. The molecule has 0 aromatic carbocycles. The topological polar surface area (TPSA) is 118 Å². The van der Waals surface area contributed by atoms with Gasteiger partial charge in [-0.3, -0.25) is 9.59 Å². The Morgan fingerprint density at radius 1 is 1.41 bits per heavy atom. The number of carboxylic acid groups (broad SMARTS) is 1. The molecule has 1 aliphatic rings. The largest absolute Gasteiger partial charge is 0.480 e. The van der Waals surface area contributed by atoms with Crippen molar-refractivity contribution in [2.45, 2.75) is 58.0 Å². The van der Waals surface area contributed by atoms with Crippen LogP contribution >= 0.6 is 12.6 Å². The molecule has 0 aliphatic heterocycles. The van der Waals surface area contributed by atoms with Gasteiger partial charge in [0.25, 0.3) is 0 Å². The zero-order valence-corrected chi connectivity index (χ0v) is 14.7. The first kappa shape index (κ1) is 21.2. The quantitative estimate of drug-likeness (QED) is 0.465. The number of rotatable bonds is 6. The van der Waals surface area contributed by atoms with E-state index in [0.29, 0.717) is 25.0 Å². The average Bonchev–Trinajstić information content (AvgIpc) is 2.48. The van der Waals surface area contributed by atoms with Gasteiger partial charge in [0.05, 0.1) is 6.04 Å². The van der Waals surface area contributed by atoms with Gasteiger partial charge in [-0.1, -0.05) is 27.2 Å². The number of carbonyl (C=O) groups excluding carboxylic acids is 1. The maximum absolute atomic E-state index is 11.8. The van der Waals surface area contributed by atoms with E-state index >= 15 is 0 Å². The van der Waals surface area contributed by atoms with Crippen LogP contribution in [0.25, 0.3) is 0 Å². The van der Waals surface area contributed by atoms with E-state index in [-0.39, 0.29) is 24.3 Å². The number of aliphatic carboxylic acids is 1. The van der Waals surface area contributed by atoms with Gasteiger partial charge in [0.1, 0.15) is 5.54 Å². The summed E-state index contributed by atoms with van der Waals surface area (Å²) in [4.78, 5) is 23.2. The lowest BCUT2D eigenvalue weighted by molar-refractivity contribution is -0.148. The Morgan fingerprint density at radius 2 is 2.00 bits per heavy atom. The molecule has 6 N–H and O–H groups in total. The summed E-state index contributed by atoms with van der Waals surface area (Å²) in [6, 6.07) is -0.605. The molecule has 1 amide bonds. The van der Waals surface area contributed by atoms with Crippen molar-refractivity contribution in [3.63, 3.8) is 0 Å². The third-order valence-electron chi connectivity index (χ3n) is 4.12. The van der Waals surface area contributed by atoms with Crippen LogP contribution < -0.4 is 16.8 Å². The molecule has 0 heterocycles. The van der Waals surface area contributed by atoms with Crippen molar-refractivity contribution < 1.29 is 14.7 Å². The fourth-order valence-corrected chi connectivity index (χ4v) is 3.04. The smallest absolute Gasteiger partial charge is 0.324 e. The molecule has 4 atom stereocenters. The lowest BCUT2D eigenvalue weighted by atomic mass is 9.69. The highest BCUT2D eigenvalue weighted by molar-refractivity contribution is 7.80. The molecular formula is C15H31N3O3S. The second-order valence-electron chi connectivity index (χ2n) is 5.79. The van der Waals surface area contributed by atoms with E-state index in [2.05, 4.69) is 17.9 Å². The van der Waals surface area contributed by atoms with Gasteiger partial charge < -0.3 is 21.9 Å². The average molecular weight is 333 g/mol. The van der Waals surface area contributed by atoms with Crippen molar-refractivity contribution in [1.82, 2.24) is 5.32 Å². The molecule has 1 aliphatic carbocycles. The number of nitrogens with two attached hydrogens (primary N) is 2. The van der Waals surface area contributed by atoms with Crippen LogP contribution in [0.4, 0.5) is 0 Å². The maximum atomic E-state index is 11.8. The van der Waals surface area contributed by atoms with Crippen molar-refractivity contribution in [2.24, 2.45) is 23.3 Å². The van der Waals surface area contributed by atoms with Crippen LogP contribution in [0.15, 0.2) is 0 Å². The van der Waals surface area contributed by atoms with Crippen molar-refractivity contribution in [3.8, 4) is 0 Å². The molecular weight excluding hydrogens is 302 g/mol. The molecule has 0 aromatic heterocycles. The van der Waals surface area contributed by atoms with Crippen LogP contribution in [0, 0.1) is 11.8 Å². The summed E-state index contributed by atoms with van der Waals surface area (Å²) in [6.45, 7) is 6.26. The van der Waals surface area contributed by atoms with Crippen LogP contribution in [0.1, 0.15) is 46.5 Å². The maximum Gasteiger partial charge on any atom is 0.324 e. The number of hydrogen-bond donors (Lipinski definition) is 5. The highest BCUT2D eigenvalue weighted by atomic mass is 32.1. The van der Waals surface area contributed by atoms with Crippen LogP contribution in [0.5, 0.6) is 0 Å². The van der Waals surface area contributed by atoms with Crippen molar-refractivity contribution in [1.29, 1.82) is 0 Å². The van der Waals surface area contributed by atoms with Crippen molar-refractivity contribution in [2.75, 3.05) is 12.3 Å². The number of nitrogens with one attached hydrogen (secondary N) is 1. The molecule has 0 radical (unpaired) electrons. The van der Waals surface area contributed by atoms with E-state index in [1.54, 1.807) is 0 Å². The summed E-state index contributed by atoms with van der Waals surface area (Å²) >= 11 is 4.03. The molecule has 1 saturated carbocycles. The highest BCUT2D eigenvalue weighted by Gasteiger charge is 2.45. The predicted octanol–water partition coefficient (Wildman–Crippen LogP) is 0.994. The molecule has 0 bridgehead atoms.